The van der Waals surface area contributed by atoms with Gasteiger partial charge >= 0.3 is 6.09 Å². The summed E-state index contributed by atoms with van der Waals surface area (Å²) in [6.07, 6.45) is 7.04. The minimum atomic E-state index is -0.451. The van der Waals surface area contributed by atoms with E-state index in [-0.39, 0.29) is 6.09 Å². The highest BCUT2D eigenvalue weighted by Crippen LogP contribution is 2.35. The van der Waals surface area contributed by atoms with Crippen molar-refractivity contribution in [2.45, 2.75) is 65.1 Å². The summed E-state index contributed by atoms with van der Waals surface area (Å²) >= 11 is 0. The first-order valence-electron chi connectivity index (χ1n) is 8.60. The van der Waals surface area contributed by atoms with Crippen molar-refractivity contribution in [1.29, 1.82) is 0 Å². The van der Waals surface area contributed by atoms with Gasteiger partial charge in [0, 0.05) is 38.4 Å². The molecular weight excluding hydrogens is 292 g/mol. The molecule has 1 heterocycles. The number of hydrogen-bond donors (Lipinski definition) is 1. The maximum atomic E-state index is 12.2. The molecule has 130 valence electrons. The second-order valence-corrected chi connectivity index (χ2v) is 7.17. The van der Waals surface area contributed by atoms with Crippen molar-refractivity contribution < 1.29 is 9.53 Å². The molecule has 6 heteroatoms. The van der Waals surface area contributed by atoms with E-state index in [1.807, 2.05) is 33.3 Å². The Morgan fingerprint density at radius 2 is 2.17 bits per heavy atom. The van der Waals surface area contributed by atoms with E-state index in [0.717, 1.165) is 26.1 Å². The molecule has 2 rings (SSSR count). The summed E-state index contributed by atoms with van der Waals surface area (Å²) in [6, 6.07) is 0.646. The van der Waals surface area contributed by atoms with Gasteiger partial charge in [0.1, 0.15) is 5.60 Å². The Bertz CT molecular complexity index is 503. The third-order valence-corrected chi connectivity index (χ3v) is 3.70. The molecule has 1 aromatic heterocycles. The summed E-state index contributed by atoms with van der Waals surface area (Å²) in [7, 11) is 0. The van der Waals surface area contributed by atoms with Crippen LogP contribution in [0.3, 0.4) is 0 Å². The second-order valence-electron chi connectivity index (χ2n) is 7.17. The predicted molar refractivity (Wildman–Crippen MR) is 90.3 cm³/mol. The minimum absolute atomic E-state index is 0.232. The van der Waals surface area contributed by atoms with E-state index in [9.17, 15) is 4.79 Å². The van der Waals surface area contributed by atoms with E-state index in [4.69, 9.17) is 4.74 Å². The standard InChI is InChI=1S/C17H30N4O2/c1-5-9-20(16(22)23-17(2,3)4)10-8-18-11-15-12-19-13-21(15)14-6-7-14/h12-14,18H,5-11H2,1-4H3. The molecule has 1 N–H and O–H groups in total. The van der Waals surface area contributed by atoms with Crippen LogP contribution in [0.4, 0.5) is 4.79 Å². The molecular formula is C17H30N4O2. The molecule has 1 aliphatic rings. The van der Waals surface area contributed by atoms with E-state index in [2.05, 4.69) is 21.8 Å². The zero-order chi connectivity index (χ0) is 16.9. The van der Waals surface area contributed by atoms with Crippen molar-refractivity contribution in [3.05, 3.63) is 18.2 Å². The quantitative estimate of drug-likeness (QED) is 0.748. The third kappa shape index (κ3) is 5.86. The largest absolute Gasteiger partial charge is 0.444 e. The van der Waals surface area contributed by atoms with Gasteiger partial charge in [0.2, 0.25) is 0 Å². The molecule has 1 amide bonds. The number of nitrogens with one attached hydrogen (secondary N) is 1. The van der Waals surface area contributed by atoms with Crippen molar-refractivity contribution >= 4 is 6.09 Å². The highest BCUT2D eigenvalue weighted by atomic mass is 16.6. The van der Waals surface area contributed by atoms with Crippen LogP contribution >= 0.6 is 0 Å². The van der Waals surface area contributed by atoms with E-state index < -0.39 is 5.60 Å². The zero-order valence-corrected chi connectivity index (χ0v) is 14.8. The van der Waals surface area contributed by atoms with Gasteiger partial charge in [-0.1, -0.05) is 6.92 Å². The lowest BCUT2D eigenvalue weighted by molar-refractivity contribution is 0.0252. The Hall–Kier alpha value is -1.56. The number of nitrogens with zero attached hydrogens (tertiary/aromatic N) is 3. The summed E-state index contributed by atoms with van der Waals surface area (Å²) in [5.41, 5.74) is 0.764. The molecule has 1 aliphatic carbocycles. The number of aromatic nitrogens is 2. The van der Waals surface area contributed by atoms with Gasteiger partial charge in [-0.15, -0.1) is 0 Å². The fourth-order valence-electron chi connectivity index (χ4n) is 2.47. The molecule has 23 heavy (non-hydrogen) atoms. The van der Waals surface area contributed by atoms with Crippen LogP contribution in [0, 0.1) is 0 Å². The highest BCUT2D eigenvalue weighted by Gasteiger charge is 2.25. The van der Waals surface area contributed by atoms with E-state index in [1.54, 1.807) is 4.90 Å². The topological polar surface area (TPSA) is 59.4 Å². The van der Waals surface area contributed by atoms with Crippen molar-refractivity contribution in [3.8, 4) is 0 Å². The van der Waals surface area contributed by atoms with Gasteiger partial charge in [-0.3, -0.25) is 0 Å². The monoisotopic (exact) mass is 322 g/mol. The first-order chi connectivity index (χ1) is 10.9. The van der Waals surface area contributed by atoms with Crippen LogP contribution in [0.5, 0.6) is 0 Å². The molecule has 6 nitrogen and oxygen atoms in total. The maximum Gasteiger partial charge on any atom is 0.410 e. The summed E-state index contributed by atoms with van der Waals surface area (Å²) in [5.74, 6) is 0. The molecule has 0 saturated heterocycles. The van der Waals surface area contributed by atoms with E-state index in [0.29, 0.717) is 12.6 Å². The predicted octanol–water partition coefficient (Wildman–Crippen LogP) is 2.95. The van der Waals surface area contributed by atoms with Gasteiger partial charge in [-0.2, -0.15) is 0 Å². The van der Waals surface area contributed by atoms with Crippen LogP contribution in [-0.2, 0) is 11.3 Å². The average Bonchev–Trinajstić information content (AvgIpc) is 3.19. The fourth-order valence-corrected chi connectivity index (χ4v) is 2.47. The number of rotatable bonds is 8. The molecule has 1 saturated carbocycles. The lowest BCUT2D eigenvalue weighted by Gasteiger charge is -2.27. The maximum absolute atomic E-state index is 12.2. The summed E-state index contributed by atoms with van der Waals surface area (Å²) in [4.78, 5) is 18.2. The smallest absolute Gasteiger partial charge is 0.410 e. The van der Waals surface area contributed by atoms with Crippen LogP contribution in [-0.4, -0.2) is 45.8 Å². The molecule has 0 radical (unpaired) electrons. The number of ether oxygens (including phenoxy) is 1. The molecule has 1 fully saturated rings. The summed E-state index contributed by atoms with van der Waals surface area (Å²) in [6.45, 7) is 10.7. The van der Waals surface area contributed by atoms with Gasteiger partial charge in [-0.25, -0.2) is 9.78 Å². The molecule has 0 atom stereocenters. The minimum Gasteiger partial charge on any atom is -0.444 e. The first kappa shape index (κ1) is 17.8. The first-order valence-corrected chi connectivity index (χ1v) is 8.60. The number of imidazole rings is 1. The van der Waals surface area contributed by atoms with Crippen molar-refractivity contribution in [2.75, 3.05) is 19.6 Å². The van der Waals surface area contributed by atoms with Crippen LogP contribution in [0.15, 0.2) is 12.5 Å². The average molecular weight is 322 g/mol. The fraction of sp³-hybridized carbons (Fsp3) is 0.765. The molecule has 0 aliphatic heterocycles. The zero-order valence-electron chi connectivity index (χ0n) is 14.8. The van der Waals surface area contributed by atoms with Crippen molar-refractivity contribution in [1.82, 2.24) is 19.8 Å². The highest BCUT2D eigenvalue weighted by molar-refractivity contribution is 5.68. The normalized spacial score (nSPS) is 14.8. The van der Waals surface area contributed by atoms with Crippen molar-refractivity contribution in [3.63, 3.8) is 0 Å². The van der Waals surface area contributed by atoms with Gasteiger partial charge in [0.15, 0.2) is 0 Å². The molecule has 0 aromatic carbocycles. The Morgan fingerprint density at radius 1 is 1.43 bits per heavy atom. The number of amides is 1. The van der Waals surface area contributed by atoms with Gasteiger partial charge in [0.05, 0.1) is 12.0 Å². The number of hydrogen-bond acceptors (Lipinski definition) is 4. The van der Waals surface area contributed by atoms with Gasteiger partial charge in [-0.05, 0) is 40.0 Å². The Morgan fingerprint density at radius 3 is 2.78 bits per heavy atom. The lowest BCUT2D eigenvalue weighted by Crippen LogP contribution is -2.40. The van der Waals surface area contributed by atoms with Crippen molar-refractivity contribution in [2.24, 2.45) is 0 Å². The van der Waals surface area contributed by atoms with Gasteiger partial charge in [0.25, 0.3) is 0 Å². The molecule has 0 spiro atoms. The van der Waals surface area contributed by atoms with E-state index in [1.165, 1.54) is 18.5 Å². The Kier molecular flexibility index (Phi) is 6.04. The van der Waals surface area contributed by atoms with Crippen LogP contribution in [0.1, 0.15) is 58.7 Å². The molecule has 1 aromatic rings. The lowest BCUT2D eigenvalue weighted by atomic mass is 10.2. The molecule has 0 bridgehead atoms. The summed E-state index contributed by atoms with van der Waals surface area (Å²) in [5, 5.41) is 3.41. The van der Waals surface area contributed by atoms with E-state index >= 15 is 0 Å². The SMILES string of the molecule is CCCN(CCNCc1cncn1C1CC1)C(=O)OC(C)(C)C. The number of carbonyl (C=O) groups excluding carboxylic acids is 1. The second kappa shape index (κ2) is 7.81. The molecule has 0 unspecified atom stereocenters. The van der Waals surface area contributed by atoms with Crippen LogP contribution < -0.4 is 5.32 Å². The Labute approximate surface area is 139 Å². The van der Waals surface area contributed by atoms with Gasteiger partial charge < -0.3 is 19.5 Å². The third-order valence-electron chi connectivity index (χ3n) is 3.70. The van der Waals surface area contributed by atoms with Crippen LogP contribution in [0.25, 0.3) is 0 Å². The number of carbonyl (C=O) groups is 1. The van der Waals surface area contributed by atoms with Crippen LogP contribution in [0.2, 0.25) is 0 Å². The summed E-state index contributed by atoms with van der Waals surface area (Å²) < 4.78 is 7.71. The Balaban J connectivity index is 1.75.